The Kier molecular flexibility index (Phi) is 3.99. The smallest absolute Gasteiger partial charge is 0.243 e. The number of hydrogen-bond donors (Lipinski definition) is 2. The number of benzene rings is 1. The summed E-state index contributed by atoms with van der Waals surface area (Å²) >= 11 is 0. The summed E-state index contributed by atoms with van der Waals surface area (Å²) in [5.74, 6) is -0.794. The van der Waals surface area contributed by atoms with Crippen LogP contribution in [0.15, 0.2) is 23.1 Å². The molecule has 1 aliphatic carbocycles. The quantitative estimate of drug-likeness (QED) is 0.874. The highest BCUT2D eigenvalue weighted by atomic mass is 32.2. The van der Waals surface area contributed by atoms with Gasteiger partial charge in [0.25, 0.3) is 0 Å². The summed E-state index contributed by atoms with van der Waals surface area (Å²) in [6.07, 6.45) is 3.57. The van der Waals surface area contributed by atoms with E-state index in [0.29, 0.717) is 5.56 Å². The first-order valence-electron chi connectivity index (χ1n) is 5.94. The van der Waals surface area contributed by atoms with E-state index in [1.54, 1.807) is 0 Å². The van der Waals surface area contributed by atoms with Crippen molar-refractivity contribution in [2.24, 2.45) is 0 Å². The van der Waals surface area contributed by atoms with Gasteiger partial charge < -0.3 is 5.11 Å². The van der Waals surface area contributed by atoms with Gasteiger partial charge in [-0.2, -0.15) is 0 Å². The molecule has 1 aromatic rings. The predicted octanol–water partition coefficient (Wildman–Crippen LogP) is 1.54. The van der Waals surface area contributed by atoms with Gasteiger partial charge in [0.05, 0.1) is 6.61 Å². The van der Waals surface area contributed by atoms with Crippen molar-refractivity contribution in [1.29, 1.82) is 0 Å². The van der Waals surface area contributed by atoms with E-state index in [1.165, 1.54) is 12.1 Å². The van der Waals surface area contributed by atoms with Crippen LogP contribution >= 0.6 is 0 Å². The molecular weight excluding hydrogens is 257 g/mol. The third-order valence-electron chi connectivity index (χ3n) is 3.14. The Labute approximate surface area is 106 Å². The molecule has 0 aliphatic heterocycles. The summed E-state index contributed by atoms with van der Waals surface area (Å²) < 4.78 is 40.2. The fourth-order valence-electron chi connectivity index (χ4n) is 2.18. The Morgan fingerprint density at radius 1 is 1.33 bits per heavy atom. The van der Waals surface area contributed by atoms with E-state index in [1.807, 2.05) is 0 Å². The maximum Gasteiger partial charge on any atom is 0.243 e. The average Bonchev–Trinajstić information content (AvgIpc) is 2.81. The molecule has 0 bridgehead atoms. The second-order valence-electron chi connectivity index (χ2n) is 4.53. The number of aliphatic hydroxyl groups is 1. The van der Waals surface area contributed by atoms with Crippen molar-refractivity contribution in [1.82, 2.24) is 4.72 Å². The van der Waals surface area contributed by atoms with Gasteiger partial charge in [0, 0.05) is 6.04 Å². The largest absolute Gasteiger partial charge is 0.392 e. The minimum Gasteiger partial charge on any atom is -0.392 e. The number of rotatable bonds is 4. The Balaban J connectivity index is 2.27. The van der Waals surface area contributed by atoms with Gasteiger partial charge in [-0.3, -0.25) is 0 Å². The van der Waals surface area contributed by atoms with Crippen LogP contribution < -0.4 is 4.72 Å². The first-order chi connectivity index (χ1) is 8.53. The molecule has 4 nitrogen and oxygen atoms in total. The summed E-state index contributed by atoms with van der Waals surface area (Å²) in [5, 5.41) is 8.97. The first kappa shape index (κ1) is 13.5. The van der Waals surface area contributed by atoms with Gasteiger partial charge in [-0.15, -0.1) is 0 Å². The predicted molar refractivity (Wildman–Crippen MR) is 64.9 cm³/mol. The Morgan fingerprint density at radius 2 is 2.00 bits per heavy atom. The van der Waals surface area contributed by atoms with Gasteiger partial charge in [-0.1, -0.05) is 18.9 Å². The lowest BCUT2D eigenvalue weighted by Crippen LogP contribution is -2.33. The van der Waals surface area contributed by atoms with Crippen molar-refractivity contribution in [3.05, 3.63) is 29.6 Å². The summed E-state index contributed by atoms with van der Waals surface area (Å²) in [7, 11) is -3.84. The molecule has 1 fully saturated rings. The Bertz CT molecular complexity index is 524. The number of hydrogen-bond acceptors (Lipinski definition) is 3. The van der Waals surface area contributed by atoms with Crippen molar-refractivity contribution < 1.29 is 17.9 Å². The third-order valence-corrected chi connectivity index (χ3v) is 4.68. The lowest BCUT2D eigenvalue weighted by atomic mass is 10.2. The fraction of sp³-hybridized carbons (Fsp3) is 0.500. The standard InChI is InChI=1S/C12H16FNO3S/c13-11-6-5-9(8-15)7-12(11)18(16,17)14-10-3-1-2-4-10/h5-7,10,14-15H,1-4,8H2. The van der Waals surface area contributed by atoms with E-state index < -0.39 is 15.8 Å². The molecular formula is C12H16FNO3S. The molecule has 0 unspecified atom stereocenters. The highest BCUT2D eigenvalue weighted by molar-refractivity contribution is 7.89. The number of halogens is 1. The number of aliphatic hydroxyl groups excluding tert-OH is 1. The van der Waals surface area contributed by atoms with Crippen LogP contribution in [-0.2, 0) is 16.6 Å². The van der Waals surface area contributed by atoms with Crippen molar-refractivity contribution in [3.8, 4) is 0 Å². The summed E-state index contributed by atoms with van der Waals surface area (Å²) in [5.41, 5.74) is 0.378. The fourth-order valence-corrected chi connectivity index (χ4v) is 3.61. The molecule has 2 rings (SSSR count). The molecule has 0 amide bonds. The molecule has 1 saturated carbocycles. The Hall–Kier alpha value is -0.980. The highest BCUT2D eigenvalue weighted by Gasteiger charge is 2.25. The van der Waals surface area contributed by atoms with Crippen molar-refractivity contribution in [2.75, 3.05) is 0 Å². The third kappa shape index (κ3) is 2.88. The van der Waals surface area contributed by atoms with Gasteiger partial charge in [0.1, 0.15) is 10.7 Å². The summed E-state index contributed by atoms with van der Waals surface area (Å²) in [6.45, 7) is -0.313. The van der Waals surface area contributed by atoms with Crippen LogP contribution in [0.1, 0.15) is 31.2 Å². The second kappa shape index (κ2) is 5.34. The van der Waals surface area contributed by atoms with E-state index in [9.17, 15) is 12.8 Å². The second-order valence-corrected chi connectivity index (χ2v) is 6.21. The van der Waals surface area contributed by atoms with Crippen molar-refractivity contribution >= 4 is 10.0 Å². The maximum absolute atomic E-state index is 13.6. The molecule has 100 valence electrons. The lowest BCUT2D eigenvalue weighted by Gasteiger charge is -2.13. The molecule has 0 aromatic heterocycles. The molecule has 0 radical (unpaired) electrons. The normalized spacial score (nSPS) is 17.2. The molecule has 0 atom stereocenters. The van der Waals surface area contributed by atoms with E-state index >= 15 is 0 Å². The monoisotopic (exact) mass is 273 g/mol. The molecule has 1 aliphatic rings. The van der Waals surface area contributed by atoms with E-state index in [-0.39, 0.29) is 17.5 Å². The van der Waals surface area contributed by atoms with Gasteiger partial charge in [0.2, 0.25) is 10.0 Å². The van der Waals surface area contributed by atoms with Gasteiger partial charge >= 0.3 is 0 Å². The number of nitrogens with one attached hydrogen (secondary N) is 1. The summed E-state index contributed by atoms with van der Waals surface area (Å²) in [6, 6.07) is 3.50. The molecule has 0 saturated heterocycles. The minimum absolute atomic E-state index is 0.104. The zero-order valence-electron chi connectivity index (χ0n) is 9.89. The molecule has 0 heterocycles. The highest BCUT2D eigenvalue weighted by Crippen LogP contribution is 2.22. The Morgan fingerprint density at radius 3 is 2.61 bits per heavy atom. The van der Waals surface area contributed by atoms with Crippen LogP contribution in [0.2, 0.25) is 0 Å². The zero-order chi connectivity index (χ0) is 13.2. The van der Waals surface area contributed by atoms with Gasteiger partial charge in [-0.05, 0) is 30.5 Å². The van der Waals surface area contributed by atoms with Crippen LogP contribution in [0.3, 0.4) is 0 Å². The van der Waals surface area contributed by atoms with Crippen molar-refractivity contribution in [2.45, 2.75) is 43.2 Å². The van der Waals surface area contributed by atoms with Gasteiger partial charge in [-0.25, -0.2) is 17.5 Å². The van der Waals surface area contributed by atoms with Crippen LogP contribution in [0, 0.1) is 5.82 Å². The molecule has 2 N–H and O–H groups in total. The van der Waals surface area contributed by atoms with E-state index in [0.717, 1.165) is 31.7 Å². The van der Waals surface area contributed by atoms with E-state index in [4.69, 9.17) is 5.11 Å². The van der Waals surface area contributed by atoms with Gasteiger partial charge in [0.15, 0.2) is 0 Å². The molecule has 1 aromatic carbocycles. The van der Waals surface area contributed by atoms with Crippen molar-refractivity contribution in [3.63, 3.8) is 0 Å². The topological polar surface area (TPSA) is 66.4 Å². The van der Waals surface area contributed by atoms with Crippen LogP contribution in [0.25, 0.3) is 0 Å². The molecule has 0 spiro atoms. The first-order valence-corrected chi connectivity index (χ1v) is 7.43. The van der Waals surface area contributed by atoms with Crippen LogP contribution in [-0.4, -0.2) is 19.6 Å². The number of sulfonamides is 1. The lowest BCUT2D eigenvalue weighted by molar-refractivity contribution is 0.281. The SMILES string of the molecule is O=S(=O)(NC1CCCC1)c1cc(CO)ccc1F. The van der Waals surface area contributed by atoms with Crippen LogP contribution in [0.4, 0.5) is 4.39 Å². The molecule has 18 heavy (non-hydrogen) atoms. The van der Waals surface area contributed by atoms with Crippen LogP contribution in [0.5, 0.6) is 0 Å². The zero-order valence-corrected chi connectivity index (χ0v) is 10.7. The van der Waals surface area contributed by atoms with E-state index in [2.05, 4.69) is 4.72 Å². The minimum atomic E-state index is -3.84. The summed E-state index contributed by atoms with van der Waals surface area (Å²) in [4.78, 5) is -0.388. The average molecular weight is 273 g/mol. The molecule has 6 heteroatoms. The maximum atomic E-state index is 13.6.